The second-order valence-electron chi connectivity index (χ2n) is 6.14. The van der Waals surface area contributed by atoms with Crippen molar-refractivity contribution in [3.8, 4) is 0 Å². The summed E-state index contributed by atoms with van der Waals surface area (Å²) in [6.07, 6.45) is 9.81. The Kier molecular flexibility index (Phi) is 5.91. The highest BCUT2D eigenvalue weighted by Gasteiger charge is 2.32. The topological polar surface area (TPSA) is 4.44 Å². The molecular weight excluding hydrogens is 230 g/mol. The zero-order valence-electron chi connectivity index (χ0n) is 12.7. The molecule has 1 aliphatic rings. The van der Waals surface area contributed by atoms with E-state index in [1.165, 1.54) is 57.1 Å². The summed E-state index contributed by atoms with van der Waals surface area (Å²) in [5.41, 5.74) is 1.52. The largest absolute Gasteiger partial charge is 0.326 e. The van der Waals surface area contributed by atoms with Crippen molar-refractivity contribution in [1.82, 2.24) is 0 Å². The highest BCUT2D eigenvalue weighted by molar-refractivity contribution is 5.13. The Morgan fingerprint density at radius 2 is 1.53 bits per heavy atom. The molecule has 1 N–H and O–H groups in total. The zero-order valence-corrected chi connectivity index (χ0v) is 12.7. The monoisotopic (exact) mass is 260 g/mol. The van der Waals surface area contributed by atoms with Crippen LogP contribution in [0, 0.1) is 0 Å². The predicted molar refractivity (Wildman–Crippen MR) is 82.4 cm³/mol. The molecule has 2 atom stereocenters. The van der Waals surface area contributed by atoms with Gasteiger partial charge in [-0.3, -0.25) is 0 Å². The van der Waals surface area contributed by atoms with Gasteiger partial charge in [0.25, 0.3) is 0 Å². The summed E-state index contributed by atoms with van der Waals surface area (Å²) in [6.45, 7) is 5.91. The molecule has 0 aliphatic carbocycles. The lowest BCUT2D eigenvalue weighted by atomic mass is 9.90. The number of benzene rings is 1. The van der Waals surface area contributed by atoms with Crippen molar-refractivity contribution in [3.63, 3.8) is 0 Å². The van der Waals surface area contributed by atoms with Gasteiger partial charge in [-0.1, -0.05) is 57.0 Å². The van der Waals surface area contributed by atoms with E-state index in [0.717, 1.165) is 12.1 Å². The Morgan fingerprint density at radius 3 is 2.05 bits per heavy atom. The van der Waals surface area contributed by atoms with Crippen LogP contribution in [0.2, 0.25) is 0 Å². The minimum atomic E-state index is 0.899. The lowest BCUT2D eigenvalue weighted by molar-refractivity contribution is -0.968. The van der Waals surface area contributed by atoms with Crippen LogP contribution < -0.4 is 4.90 Å². The van der Waals surface area contributed by atoms with E-state index in [1.807, 2.05) is 4.90 Å². The molecular formula is C18H30N+. The fourth-order valence-electron chi connectivity index (χ4n) is 3.79. The van der Waals surface area contributed by atoms with Crippen molar-refractivity contribution in [1.29, 1.82) is 0 Å². The zero-order chi connectivity index (χ0) is 13.5. The molecule has 1 nitrogen and oxygen atoms in total. The lowest BCUT2D eigenvalue weighted by Crippen LogP contribution is -3.18. The summed E-state index contributed by atoms with van der Waals surface area (Å²) in [4.78, 5) is 1.88. The first-order chi connectivity index (χ1) is 9.35. The van der Waals surface area contributed by atoms with Crippen molar-refractivity contribution in [2.24, 2.45) is 0 Å². The SMILES string of the molecule is CCC[C@@H]1CCC[C@@H](CCC)[NH+]1Cc1ccccc1. The molecule has 1 fully saturated rings. The number of nitrogens with one attached hydrogen (secondary N) is 1. The molecule has 1 heterocycles. The van der Waals surface area contributed by atoms with Crippen LogP contribution in [0.15, 0.2) is 30.3 Å². The molecule has 1 heteroatoms. The highest BCUT2D eigenvalue weighted by atomic mass is 15.2. The maximum absolute atomic E-state index is 2.34. The van der Waals surface area contributed by atoms with Crippen molar-refractivity contribution in [2.75, 3.05) is 0 Å². The minimum Gasteiger partial charge on any atom is -0.326 e. The average Bonchev–Trinajstić information content (AvgIpc) is 2.44. The molecule has 0 radical (unpaired) electrons. The van der Waals surface area contributed by atoms with E-state index >= 15 is 0 Å². The van der Waals surface area contributed by atoms with Gasteiger partial charge >= 0.3 is 0 Å². The van der Waals surface area contributed by atoms with Crippen molar-refractivity contribution >= 4 is 0 Å². The van der Waals surface area contributed by atoms with Gasteiger partial charge in [-0.05, 0) is 32.1 Å². The Hall–Kier alpha value is -0.820. The van der Waals surface area contributed by atoms with Crippen LogP contribution in [0.1, 0.15) is 64.4 Å². The molecule has 1 aromatic carbocycles. The third-order valence-electron chi connectivity index (χ3n) is 4.68. The van der Waals surface area contributed by atoms with Crippen LogP contribution in [0.25, 0.3) is 0 Å². The lowest BCUT2D eigenvalue weighted by Gasteiger charge is -2.39. The molecule has 19 heavy (non-hydrogen) atoms. The van der Waals surface area contributed by atoms with E-state index in [4.69, 9.17) is 0 Å². The number of hydrogen-bond donors (Lipinski definition) is 1. The molecule has 2 rings (SSSR count). The molecule has 0 unspecified atom stereocenters. The highest BCUT2D eigenvalue weighted by Crippen LogP contribution is 2.16. The van der Waals surface area contributed by atoms with Crippen molar-refractivity contribution < 1.29 is 4.90 Å². The van der Waals surface area contributed by atoms with Crippen molar-refractivity contribution in [3.05, 3.63) is 35.9 Å². The second kappa shape index (κ2) is 7.69. The molecule has 0 bridgehead atoms. The van der Waals surface area contributed by atoms with Crippen LogP contribution in [0.4, 0.5) is 0 Å². The van der Waals surface area contributed by atoms with Gasteiger partial charge in [-0.15, -0.1) is 0 Å². The van der Waals surface area contributed by atoms with E-state index in [-0.39, 0.29) is 0 Å². The molecule has 106 valence electrons. The van der Waals surface area contributed by atoms with E-state index in [9.17, 15) is 0 Å². The standard InChI is InChI=1S/C18H29N/c1-3-9-17-13-8-14-18(10-4-2)19(17)15-16-11-6-5-7-12-16/h5-7,11-12,17-18H,3-4,8-10,13-15H2,1-2H3/p+1/t17-,18-/m1/s1. The first-order valence-electron chi connectivity index (χ1n) is 8.24. The number of rotatable bonds is 6. The summed E-state index contributed by atoms with van der Waals surface area (Å²) in [5, 5.41) is 0. The van der Waals surface area contributed by atoms with Crippen LogP contribution >= 0.6 is 0 Å². The molecule has 1 aromatic rings. The Bertz CT molecular complexity index is 328. The summed E-state index contributed by atoms with van der Waals surface area (Å²) in [6, 6.07) is 12.9. The first kappa shape index (κ1) is 14.6. The molecule has 0 aromatic heterocycles. The molecule has 1 aliphatic heterocycles. The fourth-order valence-corrected chi connectivity index (χ4v) is 3.79. The smallest absolute Gasteiger partial charge is 0.103 e. The third kappa shape index (κ3) is 4.07. The molecule has 0 saturated carbocycles. The molecule has 0 spiro atoms. The third-order valence-corrected chi connectivity index (χ3v) is 4.68. The first-order valence-corrected chi connectivity index (χ1v) is 8.24. The van der Waals surface area contributed by atoms with E-state index in [0.29, 0.717) is 0 Å². The average molecular weight is 260 g/mol. The van der Waals surface area contributed by atoms with E-state index in [1.54, 1.807) is 0 Å². The summed E-state index contributed by atoms with van der Waals surface area (Å²) < 4.78 is 0. The molecule has 0 amide bonds. The van der Waals surface area contributed by atoms with Crippen LogP contribution in [-0.2, 0) is 6.54 Å². The van der Waals surface area contributed by atoms with Crippen LogP contribution in [0.5, 0.6) is 0 Å². The van der Waals surface area contributed by atoms with Gasteiger partial charge in [0.05, 0.1) is 12.1 Å². The van der Waals surface area contributed by atoms with Crippen molar-refractivity contribution in [2.45, 2.75) is 77.4 Å². The summed E-state index contributed by atoms with van der Waals surface area (Å²) in [5.74, 6) is 0. The number of hydrogen-bond acceptors (Lipinski definition) is 0. The van der Waals surface area contributed by atoms with Gasteiger partial charge < -0.3 is 4.90 Å². The van der Waals surface area contributed by atoms with Gasteiger partial charge in [0.1, 0.15) is 6.54 Å². The number of likely N-dealkylation sites (tertiary alicyclic amines) is 1. The summed E-state index contributed by atoms with van der Waals surface area (Å²) in [7, 11) is 0. The number of piperidine rings is 1. The predicted octanol–water partition coefficient (Wildman–Crippen LogP) is 3.59. The van der Waals surface area contributed by atoms with Gasteiger partial charge in [0, 0.05) is 5.56 Å². The summed E-state index contributed by atoms with van der Waals surface area (Å²) >= 11 is 0. The molecule has 1 saturated heterocycles. The van der Waals surface area contributed by atoms with Gasteiger partial charge in [0.2, 0.25) is 0 Å². The Morgan fingerprint density at radius 1 is 0.947 bits per heavy atom. The maximum Gasteiger partial charge on any atom is 0.103 e. The Balaban J connectivity index is 2.08. The Labute approximate surface area is 119 Å². The van der Waals surface area contributed by atoms with Crippen LogP contribution in [0.3, 0.4) is 0 Å². The fraction of sp³-hybridized carbons (Fsp3) is 0.667. The van der Waals surface area contributed by atoms with Gasteiger partial charge in [-0.25, -0.2) is 0 Å². The number of quaternary nitrogens is 1. The normalized spacial score (nSPS) is 24.5. The van der Waals surface area contributed by atoms with Gasteiger partial charge in [-0.2, -0.15) is 0 Å². The van der Waals surface area contributed by atoms with Crippen LogP contribution in [-0.4, -0.2) is 12.1 Å². The van der Waals surface area contributed by atoms with Gasteiger partial charge in [0.15, 0.2) is 0 Å². The van der Waals surface area contributed by atoms with E-state index < -0.39 is 0 Å². The second-order valence-corrected chi connectivity index (χ2v) is 6.14. The maximum atomic E-state index is 2.34. The van der Waals surface area contributed by atoms with E-state index in [2.05, 4.69) is 44.2 Å². The minimum absolute atomic E-state index is 0.899. The quantitative estimate of drug-likeness (QED) is 0.797.